The highest BCUT2D eigenvalue weighted by atomic mass is 35.5. The van der Waals surface area contributed by atoms with Crippen molar-refractivity contribution < 1.29 is 23.7 Å². The maximum Gasteiger partial charge on any atom is 0.280 e. The summed E-state index contributed by atoms with van der Waals surface area (Å²) in [5.41, 5.74) is 3.09. The largest absolute Gasteiger partial charge is 0.493 e. The second kappa shape index (κ2) is 9.68. The van der Waals surface area contributed by atoms with E-state index in [4.69, 9.17) is 30.5 Å². The highest BCUT2D eigenvalue weighted by molar-refractivity contribution is 6.30. The Kier molecular flexibility index (Phi) is 7.31. The molecule has 144 valence electrons. The van der Waals surface area contributed by atoms with E-state index < -0.39 is 12.0 Å². The molecule has 0 aliphatic heterocycles. The van der Waals surface area contributed by atoms with Crippen LogP contribution in [0.15, 0.2) is 41.5 Å². The number of amides is 1. The summed E-state index contributed by atoms with van der Waals surface area (Å²) in [5.74, 6) is 1.55. The standard InChI is InChI=1S/C19H21ClN2O5/c1-12(27-15-7-5-6-14(20)10-15)19(23)22-21-11-13-8-16(24-2)18(26-4)17(9-13)25-3/h5-12H,1-4H3,(H,22,23)/b21-11+. The van der Waals surface area contributed by atoms with Gasteiger partial charge in [-0.2, -0.15) is 5.10 Å². The number of carbonyl (C=O) groups is 1. The van der Waals surface area contributed by atoms with Crippen molar-refractivity contribution in [3.8, 4) is 23.0 Å². The quantitative estimate of drug-likeness (QED) is 0.551. The Morgan fingerprint density at radius 2 is 1.78 bits per heavy atom. The van der Waals surface area contributed by atoms with Crippen LogP contribution in [-0.2, 0) is 4.79 Å². The van der Waals surface area contributed by atoms with Crippen LogP contribution in [0.2, 0.25) is 5.02 Å². The van der Waals surface area contributed by atoms with Gasteiger partial charge in [0.15, 0.2) is 17.6 Å². The smallest absolute Gasteiger partial charge is 0.280 e. The molecule has 0 aliphatic carbocycles. The van der Waals surface area contributed by atoms with Crippen molar-refractivity contribution in [2.24, 2.45) is 5.10 Å². The van der Waals surface area contributed by atoms with Crippen molar-refractivity contribution in [3.63, 3.8) is 0 Å². The molecule has 0 fully saturated rings. The number of hydrazone groups is 1. The summed E-state index contributed by atoms with van der Waals surface area (Å²) in [6.45, 7) is 1.62. The molecule has 0 bridgehead atoms. The molecule has 0 saturated carbocycles. The van der Waals surface area contributed by atoms with Crippen LogP contribution in [-0.4, -0.2) is 39.6 Å². The lowest BCUT2D eigenvalue weighted by Gasteiger charge is -2.13. The molecular formula is C19H21ClN2O5. The van der Waals surface area contributed by atoms with E-state index >= 15 is 0 Å². The number of ether oxygens (including phenoxy) is 4. The summed E-state index contributed by atoms with van der Waals surface area (Å²) in [5, 5.41) is 4.47. The average molecular weight is 393 g/mol. The van der Waals surface area contributed by atoms with Crippen LogP contribution in [0.3, 0.4) is 0 Å². The number of carbonyl (C=O) groups excluding carboxylic acids is 1. The molecule has 1 N–H and O–H groups in total. The Morgan fingerprint density at radius 1 is 1.11 bits per heavy atom. The highest BCUT2D eigenvalue weighted by Gasteiger charge is 2.15. The summed E-state index contributed by atoms with van der Waals surface area (Å²) in [4.78, 5) is 12.1. The number of nitrogens with one attached hydrogen (secondary N) is 1. The summed E-state index contributed by atoms with van der Waals surface area (Å²) in [6, 6.07) is 10.2. The molecule has 27 heavy (non-hydrogen) atoms. The lowest BCUT2D eigenvalue weighted by atomic mass is 10.2. The molecule has 1 atom stereocenters. The van der Waals surface area contributed by atoms with E-state index in [1.807, 2.05) is 0 Å². The second-order valence-corrected chi connectivity index (χ2v) is 5.85. The topological polar surface area (TPSA) is 78.4 Å². The Balaban J connectivity index is 2.02. The monoisotopic (exact) mass is 392 g/mol. The molecule has 2 aromatic carbocycles. The van der Waals surface area contributed by atoms with Gasteiger partial charge in [-0.05, 0) is 37.3 Å². The molecule has 1 amide bonds. The van der Waals surface area contributed by atoms with Gasteiger partial charge in [0.2, 0.25) is 5.75 Å². The van der Waals surface area contributed by atoms with E-state index in [0.29, 0.717) is 33.6 Å². The van der Waals surface area contributed by atoms with Gasteiger partial charge in [-0.1, -0.05) is 17.7 Å². The van der Waals surface area contributed by atoms with Crippen LogP contribution in [0.5, 0.6) is 23.0 Å². The van der Waals surface area contributed by atoms with E-state index in [-0.39, 0.29) is 0 Å². The number of benzene rings is 2. The zero-order valence-electron chi connectivity index (χ0n) is 15.5. The molecule has 2 rings (SSSR count). The van der Waals surface area contributed by atoms with Crippen LogP contribution in [0, 0.1) is 0 Å². The molecule has 0 radical (unpaired) electrons. The van der Waals surface area contributed by atoms with Crippen molar-refractivity contribution in [1.82, 2.24) is 5.43 Å². The maximum absolute atomic E-state index is 12.1. The van der Waals surface area contributed by atoms with Crippen molar-refractivity contribution in [2.75, 3.05) is 21.3 Å². The van der Waals surface area contributed by atoms with E-state index in [1.54, 1.807) is 43.3 Å². The van der Waals surface area contributed by atoms with Gasteiger partial charge in [-0.3, -0.25) is 4.79 Å². The second-order valence-electron chi connectivity index (χ2n) is 5.41. The van der Waals surface area contributed by atoms with E-state index in [9.17, 15) is 4.79 Å². The van der Waals surface area contributed by atoms with Gasteiger partial charge in [0, 0.05) is 10.6 Å². The predicted molar refractivity (Wildman–Crippen MR) is 103 cm³/mol. The lowest BCUT2D eigenvalue weighted by molar-refractivity contribution is -0.127. The Labute approximate surface area is 162 Å². The van der Waals surface area contributed by atoms with Crippen LogP contribution in [0.1, 0.15) is 12.5 Å². The molecule has 0 aromatic heterocycles. The highest BCUT2D eigenvalue weighted by Crippen LogP contribution is 2.37. The zero-order valence-corrected chi connectivity index (χ0v) is 16.2. The van der Waals surface area contributed by atoms with E-state index in [2.05, 4.69) is 10.5 Å². The molecule has 0 spiro atoms. The number of hydrogen-bond acceptors (Lipinski definition) is 6. The molecule has 1 unspecified atom stereocenters. The lowest BCUT2D eigenvalue weighted by Crippen LogP contribution is -2.33. The van der Waals surface area contributed by atoms with Gasteiger partial charge < -0.3 is 18.9 Å². The van der Waals surface area contributed by atoms with E-state index in [1.165, 1.54) is 27.5 Å². The number of rotatable bonds is 8. The van der Waals surface area contributed by atoms with Gasteiger partial charge in [0.05, 0.1) is 27.5 Å². The van der Waals surface area contributed by atoms with Crippen molar-refractivity contribution in [1.29, 1.82) is 0 Å². The number of halogens is 1. The Hall–Kier alpha value is -2.93. The van der Waals surface area contributed by atoms with Gasteiger partial charge in [-0.15, -0.1) is 0 Å². The fourth-order valence-corrected chi connectivity index (χ4v) is 2.42. The first-order valence-corrected chi connectivity index (χ1v) is 8.41. The van der Waals surface area contributed by atoms with E-state index in [0.717, 1.165) is 0 Å². The van der Waals surface area contributed by atoms with Gasteiger partial charge >= 0.3 is 0 Å². The van der Waals surface area contributed by atoms with Crippen LogP contribution < -0.4 is 24.4 Å². The minimum absolute atomic E-state index is 0.404. The molecule has 0 saturated heterocycles. The average Bonchev–Trinajstić information content (AvgIpc) is 2.66. The third-order valence-corrected chi connectivity index (χ3v) is 3.79. The normalized spacial score (nSPS) is 11.7. The SMILES string of the molecule is COc1cc(/C=N/NC(=O)C(C)Oc2cccc(Cl)c2)cc(OC)c1OC. The van der Waals surface area contributed by atoms with Crippen molar-refractivity contribution in [2.45, 2.75) is 13.0 Å². The fourth-order valence-electron chi connectivity index (χ4n) is 2.24. The minimum Gasteiger partial charge on any atom is -0.493 e. The first-order chi connectivity index (χ1) is 13.0. The number of methoxy groups -OCH3 is 3. The molecule has 7 nitrogen and oxygen atoms in total. The molecular weight excluding hydrogens is 372 g/mol. The summed E-state index contributed by atoms with van der Waals surface area (Å²) in [6.07, 6.45) is 0.717. The number of hydrogen-bond donors (Lipinski definition) is 1. The van der Waals surface area contributed by atoms with Gasteiger partial charge in [-0.25, -0.2) is 5.43 Å². The van der Waals surface area contributed by atoms with Crippen LogP contribution >= 0.6 is 11.6 Å². The first kappa shape index (κ1) is 20.4. The van der Waals surface area contributed by atoms with Crippen molar-refractivity contribution in [3.05, 3.63) is 47.0 Å². The fraction of sp³-hybridized carbons (Fsp3) is 0.263. The number of nitrogens with zero attached hydrogens (tertiary/aromatic N) is 1. The molecule has 0 aliphatic rings. The summed E-state index contributed by atoms with van der Waals surface area (Å²) < 4.78 is 21.4. The first-order valence-electron chi connectivity index (χ1n) is 8.03. The predicted octanol–water partition coefficient (Wildman–Crippen LogP) is 3.28. The van der Waals surface area contributed by atoms with Gasteiger partial charge in [0.25, 0.3) is 5.91 Å². The molecule has 0 heterocycles. The maximum atomic E-state index is 12.1. The summed E-state index contributed by atoms with van der Waals surface area (Å²) >= 11 is 5.90. The van der Waals surface area contributed by atoms with Crippen molar-refractivity contribution >= 4 is 23.7 Å². The third kappa shape index (κ3) is 5.52. The minimum atomic E-state index is -0.749. The molecule has 8 heteroatoms. The summed E-state index contributed by atoms with van der Waals surface area (Å²) in [7, 11) is 4.57. The zero-order chi connectivity index (χ0) is 19.8. The Morgan fingerprint density at radius 3 is 2.33 bits per heavy atom. The Bertz CT molecular complexity index is 800. The van der Waals surface area contributed by atoms with Crippen LogP contribution in [0.4, 0.5) is 0 Å². The van der Waals surface area contributed by atoms with Gasteiger partial charge in [0.1, 0.15) is 5.75 Å². The third-order valence-electron chi connectivity index (χ3n) is 3.55. The van der Waals surface area contributed by atoms with Crippen LogP contribution in [0.25, 0.3) is 0 Å². The molecule has 2 aromatic rings.